The van der Waals surface area contributed by atoms with Gasteiger partial charge >= 0.3 is 7.12 Å². The van der Waals surface area contributed by atoms with Crippen molar-refractivity contribution in [2.75, 3.05) is 24.7 Å². The Morgan fingerprint density at radius 2 is 1.16 bits per heavy atom. The molecule has 2 saturated carbocycles. The summed E-state index contributed by atoms with van der Waals surface area (Å²) in [6, 6.07) is 20.0. The molecule has 366 valence electrons. The number of aliphatic hydroxyl groups excluding tert-OH is 2. The number of benzene rings is 2. The van der Waals surface area contributed by atoms with E-state index >= 15 is 0 Å². The van der Waals surface area contributed by atoms with Crippen LogP contribution in [0.25, 0.3) is 55.1 Å². The van der Waals surface area contributed by atoms with Gasteiger partial charge in [-0.25, -0.2) is 39.3 Å². The molecule has 0 unspecified atom stereocenters. The van der Waals surface area contributed by atoms with E-state index in [2.05, 4.69) is 97.4 Å². The highest BCUT2D eigenvalue weighted by Crippen LogP contribution is 2.38. The van der Waals surface area contributed by atoms with Gasteiger partial charge in [0.1, 0.15) is 45.9 Å². The van der Waals surface area contributed by atoms with Crippen molar-refractivity contribution in [2.24, 2.45) is 10.8 Å². The number of nitrogen functional groups attached to an aromatic ring is 2. The van der Waals surface area contributed by atoms with Gasteiger partial charge in [-0.1, -0.05) is 45.9 Å². The van der Waals surface area contributed by atoms with Crippen LogP contribution in [0.15, 0.2) is 73.3 Å². The average Bonchev–Trinajstić information content (AvgIpc) is 4.25. The number of nitrogens with two attached hydrogens (primary N) is 2. The Morgan fingerprint density at radius 1 is 0.671 bits per heavy atom. The maximum absolute atomic E-state index is 9.69. The number of halogens is 1. The molecular formula is C50H60BIN12O6. The molecule has 0 atom stereocenters. The molecule has 2 aromatic carbocycles. The number of nitrogens with zero attached hydrogens (tertiary/aromatic N) is 10. The first-order chi connectivity index (χ1) is 33.2. The van der Waals surface area contributed by atoms with E-state index in [1.807, 2.05) is 76.2 Å². The molecule has 6 N–H and O–H groups in total. The second kappa shape index (κ2) is 19.1. The molecule has 20 heteroatoms. The van der Waals surface area contributed by atoms with Gasteiger partial charge in [0.25, 0.3) is 0 Å². The van der Waals surface area contributed by atoms with Gasteiger partial charge in [0.2, 0.25) is 11.8 Å². The first kappa shape index (κ1) is 49.2. The van der Waals surface area contributed by atoms with Crippen molar-refractivity contribution in [3.8, 4) is 23.0 Å². The number of rotatable bonds is 12. The summed E-state index contributed by atoms with van der Waals surface area (Å²) >= 11 is 2.11. The van der Waals surface area contributed by atoms with Crippen LogP contribution in [0, 0.1) is 14.5 Å². The van der Waals surface area contributed by atoms with Crippen molar-refractivity contribution in [3.05, 3.63) is 77.0 Å². The lowest BCUT2D eigenvalue weighted by atomic mass is 9.78. The standard InChI is InChI=1S/C22H24N6O2.C18H22BNO3.C10H14IN5O/c1-22(2,11-29)10-28-21-18(20(23)24-12-25-21)19(27-28)14-3-7-16-13(9-14)4-8-17(26-16)30-15-5-6-15;1-17(2)18(3,4)23-19(22-17)13-6-9-15-12(11-13)5-10-16(20-15)21-14-7-8-14;1-10(2,4-17)3-16-9-6(7(11)15-16)8(12)13-5-14-9/h3-4,7-9,12,15,29H,5-6,10-11H2,1-2H3,(H2,23,24,25);5-6,9-11,14H,7-8H2,1-4H3;5,17H,3-4H2,1-2H3,(H2,12,13,14). The third-order valence-corrected chi connectivity index (χ3v) is 13.6. The largest absolute Gasteiger partial charge is 0.494 e. The minimum Gasteiger partial charge on any atom is -0.474 e. The third kappa shape index (κ3) is 10.7. The summed E-state index contributed by atoms with van der Waals surface area (Å²) in [6.07, 6.45) is 8.03. The molecule has 0 amide bonds. The van der Waals surface area contributed by atoms with Gasteiger partial charge in [-0.2, -0.15) is 10.2 Å². The minimum absolute atomic E-state index is 0.0388. The van der Waals surface area contributed by atoms with Gasteiger partial charge in [0.05, 0.1) is 46.1 Å². The third-order valence-electron chi connectivity index (χ3n) is 12.9. The van der Waals surface area contributed by atoms with E-state index < -0.39 is 0 Å². The number of aliphatic hydroxyl groups is 2. The molecular weight excluding hydrogens is 1000 g/mol. The zero-order valence-electron chi connectivity index (χ0n) is 40.8. The summed E-state index contributed by atoms with van der Waals surface area (Å²) < 4.78 is 28.1. The zero-order valence-corrected chi connectivity index (χ0v) is 43.0. The van der Waals surface area contributed by atoms with Crippen LogP contribution < -0.4 is 26.4 Å². The minimum atomic E-state index is -0.346. The van der Waals surface area contributed by atoms with Crippen LogP contribution in [0.5, 0.6) is 11.8 Å². The lowest BCUT2D eigenvalue weighted by Gasteiger charge is -2.32. The van der Waals surface area contributed by atoms with Gasteiger partial charge in [-0.15, -0.1) is 0 Å². The van der Waals surface area contributed by atoms with Crippen LogP contribution in [0.3, 0.4) is 0 Å². The molecule has 0 radical (unpaired) electrons. The SMILES string of the molecule is CC(C)(CO)Cn1nc(-c2ccc3nc(OC4CC4)ccc3c2)c2c(N)ncnc21.CC(C)(CO)Cn1nc(I)c2c(N)ncnc21.CC1(C)OB(c2ccc3nc(OC4CC4)ccc3c2)OC1(C)C. The Hall–Kier alpha value is -5.81. The monoisotopic (exact) mass is 1060 g/mol. The second-order valence-corrected chi connectivity index (χ2v) is 21.9. The summed E-state index contributed by atoms with van der Waals surface area (Å²) in [7, 11) is -0.341. The molecule has 8 aromatic rings. The molecule has 0 bridgehead atoms. The maximum Gasteiger partial charge on any atom is 0.494 e. The summed E-state index contributed by atoms with van der Waals surface area (Å²) in [5, 5.41) is 31.7. The van der Waals surface area contributed by atoms with Gasteiger partial charge in [-0.3, -0.25) is 0 Å². The number of anilines is 2. The summed E-state index contributed by atoms with van der Waals surface area (Å²) in [4.78, 5) is 25.9. The number of hydrogen-bond acceptors (Lipinski definition) is 16. The van der Waals surface area contributed by atoms with Crippen LogP contribution in [0.4, 0.5) is 11.6 Å². The number of fused-ring (bicyclic) bond motifs is 4. The first-order valence-corrected chi connectivity index (χ1v) is 24.6. The highest BCUT2D eigenvalue weighted by Gasteiger charge is 2.51. The molecule has 18 nitrogen and oxygen atoms in total. The fourth-order valence-electron chi connectivity index (χ4n) is 7.70. The normalized spacial score (nSPS) is 16.6. The summed E-state index contributed by atoms with van der Waals surface area (Å²) in [5.74, 6) is 2.20. The number of hydrogen-bond donors (Lipinski definition) is 4. The van der Waals surface area contributed by atoms with Crippen molar-refractivity contribution in [3.63, 3.8) is 0 Å². The van der Waals surface area contributed by atoms with Crippen molar-refractivity contribution >= 4 is 90.7 Å². The van der Waals surface area contributed by atoms with Gasteiger partial charge in [-0.05, 0) is 112 Å². The Labute approximate surface area is 420 Å². The molecule has 1 aliphatic heterocycles. The topological polar surface area (TPSA) is 242 Å². The Kier molecular flexibility index (Phi) is 13.4. The van der Waals surface area contributed by atoms with Crippen molar-refractivity contribution in [2.45, 2.75) is 118 Å². The Balaban J connectivity index is 0.000000136. The number of ether oxygens (including phenoxy) is 2. The smallest absolute Gasteiger partial charge is 0.474 e. The fraction of sp³-hybridized carbons (Fsp3) is 0.440. The average molecular weight is 1060 g/mol. The zero-order chi connectivity index (χ0) is 49.8. The molecule has 6 aromatic heterocycles. The molecule has 1 saturated heterocycles. The predicted molar refractivity (Wildman–Crippen MR) is 279 cm³/mol. The van der Waals surface area contributed by atoms with Gasteiger partial charge < -0.3 is 40.5 Å². The van der Waals surface area contributed by atoms with Crippen LogP contribution >= 0.6 is 22.6 Å². The molecule has 3 fully saturated rings. The van der Waals surface area contributed by atoms with E-state index in [1.165, 1.54) is 12.7 Å². The van der Waals surface area contributed by atoms with E-state index in [1.54, 1.807) is 9.36 Å². The highest BCUT2D eigenvalue weighted by atomic mass is 127. The lowest BCUT2D eigenvalue weighted by molar-refractivity contribution is 0.00578. The molecule has 2 aliphatic carbocycles. The molecule has 70 heavy (non-hydrogen) atoms. The number of aromatic nitrogens is 10. The maximum atomic E-state index is 9.69. The first-order valence-electron chi connectivity index (χ1n) is 23.5. The molecule has 0 spiro atoms. The van der Waals surface area contributed by atoms with Crippen LogP contribution in [0.1, 0.15) is 81.1 Å². The Morgan fingerprint density at radius 3 is 1.69 bits per heavy atom. The van der Waals surface area contributed by atoms with E-state index in [0.29, 0.717) is 65.4 Å². The Bertz CT molecular complexity index is 3190. The van der Waals surface area contributed by atoms with Gasteiger partial charge in [0.15, 0.2) is 11.3 Å². The van der Waals surface area contributed by atoms with E-state index in [9.17, 15) is 10.2 Å². The lowest BCUT2D eigenvalue weighted by Crippen LogP contribution is -2.41. The number of pyridine rings is 2. The van der Waals surface area contributed by atoms with Gasteiger partial charge in [0, 0.05) is 52.5 Å². The summed E-state index contributed by atoms with van der Waals surface area (Å²) in [5.41, 5.74) is 16.6. The van der Waals surface area contributed by atoms with Crippen LogP contribution in [0.2, 0.25) is 0 Å². The van der Waals surface area contributed by atoms with Crippen molar-refractivity contribution < 1.29 is 29.0 Å². The predicted octanol–water partition coefficient (Wildman–Crippen LogP) is 7.29. The van der Waals surface area contributed by atoms with E-state index in [-0.39, 0.29) is 42.4 Å². The van der Waals surface area contributed by atoms with Crippen LogP contribution in [-0.2, 0) is 22.4 Å². The summed E-state index contributed by atoms with van der Waals surface area (Å²) in [6.45, 7) is 17.4. The fourth-order valence-corrected chi connectivity index (χ4v) is 8.48. The molecule has 7 heterocycles. The quantitative estimate of drug-likeness (QED) is 0.0693. The van der Waals surface area contributed by atoms with Crippen molar-refractivity contribution in [1.29, 1.82) is 0 Å². The van der Waals surface area contributed by atoms with E-state index in [4.69, 9.17) is 35.3 Å². The second-order valence-electron chi connectivity index (χ2n) is 20.9. The molecule has 11 rings (SSSR count). The molecule has 3 aliphatic rings. The van der Waals surface area contributed by atoms with Crippen molar-refractivity contribution in [1.82, 2.24) is 49.5 Å². The van der Waals surface area contributed by atoms with Crippen LogP contribution in [-0.4, -0.2) is 103 Å². The van der Waals surface area contributed by atoms with E-state index in [0.717, 1.165) is 73.3 Å². The highest BCUT2D eigenvalue weighted by molar-refractivity contribution is 14.1.